The van der Waals surface area contributed by atoms with Gasteiger partial charge in [0.05, 0.1) is 5.69 Å². The van der Waals surface area contributed by atoms with Crippen LogP contribution in [0.5, 0.6) is 0 Å². The molecular weight excluding hydrogens is 400 g/mol. The van der Waals surface area contributed by atoms with Gasteiger partial charge in [-0.3, -0.25) is 4.90 Å². The highest BCUT2D eigenvalue weighted by Crippen LogP contribution is 2.31. The van der Waals surface area contributed by atoms with E-state index in [9.17, 15) is 4.79 Å². The van der Waals surface area contributed by atoms with E-state index < -0.39 is 0 Å². The molecule has 1 fully saturated rings. The third-order valence-electron chi connectivity index (χ3n) is 6.81. The number of nitrogens with zero attached hydrogens (tertiary/aromatic N) is 4. The number of aryl methyl sites for hydroxylation is 2. The van der Waals surface area contributed by atoms with Crippen molar-refractivity contribution in [1.29, 1.82) is 0 Å². The van der Waals surface area contributed by atoms with E-state index >= 15 is 0 Å². The highest BCUT2D eigenvalue weighted by molar-refractivity contribution is 5.91. The first kappa shape index (κ1) is 22.4. The molecule has 1 saturated carbocycles. The first-order valence-corrected chi connectivity index (χ1v) is 12.0. The molecule has 0 aliphatic heterocycles. The van der Waals surface area contributed by atoms with Crippen molar-refractivity contribution in [1.82, 2.24) is 9.97 Å². The number of nitrogens with two attached hydrogens (primary N) is 1. The lowest BCUT2D eigenvalue weighted by molar-refractivity contribution is 0.248. The summed E-state index contributed by atoms with van der Waals surface area (Å²) in [5.74, 6) is 1.78. The van der Waals surface area contributed by atoms with Gasteiger partial charge in [-0.2, -0.15) is 4.98 Å². The van der Waals surface area contributed by atoms with Crippen LogP contribution in [0.3, 0.4) is 0 Å². The summed E-state index contributed by atoms with van der Waals surface area (Å²) in [5.41, 5.74) is 10.4. The molecule has 7 nitrogen and oxygen atoms in total. The number of carbonyl (C=O) groups excluding carboxylic acids is 1. The second-order valence-electron chi connectivity index (χ2n) is 9.28. The fraction of sp³-hybridized carbons (Fsp3) is 0.560. The van der Waals surface area contributed by atoms with Crippen molar-refractivity contribution >= 4 is 23.5 Å². The monoisotopic (exact) mass is 436 g/mol. The molecule has 2 aliphatic carbocycles. The van der Waals surface area contributed by atoms with Crippen LogP contribution >= 0.6 is 0 Å². The zero-order chi connectivity index (χ0) is 22.7. The van der Waals surface area contributed by atoms with Crippen LogP contribution in [0.25, 0.3) is 0 Å². The fourth-order valence-corrected chi connectivity index (χ4v) is 5.11. The normalized spacial score (nSPS) is 20.3. The van der Waals surface area contributed by atoms with Crippen molar-refractivity contribution < 1.29 is 4.79 Å². The quantitative estimate of drug-likeness (QED) is 0.705. The lowest BCUT2D eigenvalue weighted by Crippen LogP contribution is -2.47. The molecule has 0 unspecified atom stereocenters. The third-order valence-corrected chi connectivity index (χ3v) is 6.81. The zero-order valence-corrected chi connectivity index (χ0v) is 19.6. The van der Waals surface area contributed by atoms with E-state index in [-0.39, 0.29) is 12.1 Å². The molecule has 32 heavy (non-hydrogen) atoms. The number of primary amides is 1. The van der Waals surface area contributed by atoms with Crippen LogP contribution in [0, 0.1) is 0 Å². The van der Waals surface area contributed by atoms with Gasteiger partial charge in [0.25, 0.3) is 0 Å². The summed E-state index contributed by atoms with van der Waals surface area (Å²) in [6, 6.07) is 8.22. The predicted octanol–water partition coefficient (Wildman–Crippen LogP) is 4.29. The molecular formula is C25H36N6O. The van der Waals surface area contributed by atoms with Crippen LogP contribution in [0.4, 0.5) is 22.2 Å². The molecule has 2 aliphatic rings. The number of benzene rings is 1. The van der Waals surface area contributed by atoms with Crippen molar-refractivity contribution in [2.75, 3.05) is 29.2 Å². The highest BCUT2D eigenvalue weighted by atomic mass is 16.2. The summed E-state index contributed by atoms with van der Waals surface area (Å²) in [4.78, 5) is 25.9. The van der Waals surface area contributed by atoms with Crippen LogP contribution in [-0.2, 0) is 19.3 Å². The molecule has 0 radical (unpaired) electrons. The predicted molar refractivity (Wildman–Crippen MR) is 131 cm³/mol. The number of carbonyl (C=O) groups is 1. The maximum atomic E-state index is 12.3. The summed E-state index contributed by atoms with van der Waals surface area (Å²) >= 11 is 0. The van der Waals surface area contributed by atoms with Gasteiger partial charge < -0.3 is 16.0 Å². The van der Waals surface area contributed by atoms with Gasteiger partial charge in [0.15, 0.2) is 0 Å². The zero-order valence-electron chi connectivity index (χ0n) is 19.6. The molecule has 7 heteroatoms. The highest BCUT2D eigenvalue weighted by Gasteiger charge is 2.30. The van der Waals surface area contributed by atoms with Crippen LogP contribution in [0.15, 0.2) is 24.3 Å². The molecule has 0 saturated heterocycles. The number of aromatic nitrogens is 2. The average Bonchev–Trinajstić information content (AvgIpc) is 2.79. The number of rotatable bonds is 6. The number of fused-ring (bicyclic) bond motifs is 1. The lowest BCUT2D eigenvalue weighted by Gasteiger charge is -2.36. The Bertz CT molecular complexity index is 951. The molecule has 1 aromatic carbocycles. The molecule has 0 spiro atoms. The Morgan fingerprint density at radius 3 is 2.56 bits per heavy atom. The minimum absolute atomic E-state index is 0.124. The Labute approximate surface area is 191 Å². The topological polar surface area (TPSA) is 87.4 Å². The number of urea groups is 1. The van der Waals surface area contributed by atoms with Crippen molar-refractivity contribution in [2.45, 2.75) is 76.8 Å². The molecule has 2 amide bonds. The first-order valence-electron chi connectivity index (χ1n) is 12.0. The van der Waals surface area contributed by atoms with Crippen LogP contribution in [0.2, 0.25) is 0 Å². The fourth-order valence-electron chi connectivity index (χ4n) is 5.11. The molecule has 1 heterocycles. The maximum absolute atomic E-state index is 12.3. The molecule has 0 atom stereocenters. The number of amides is 2. The molecule has 2 aromatic rings. The maximum Gasteiger partial charge on any atom is 0.319 e. The van der Waals surface area contributed by atoms with Gasteiger partial charge in [0.2, 0.25) is 5.95 Å². The Balaban J connectivity index is 1.44. The molecule has 0 bridgehead atoms. The van der Waals surface area contributed by atoms with Gasteiger partial charge in [-0.05, 0) is 75.5 Å². The van der Waals surface area contributed by atoms with Crippen LogP contribution < -0.4 is 20.9 Å². The second-order valence-corrected chi connectivity index (χ2v) is 9.28. The van der Waals surface area contributed by atoms with Gasteiger partial charge in [0, 0.05) is 37.4 Å². The Hall–Kier alpha value is -2.83. The largest absolute Gasteiger partial charge is 0.362 e. The Kier molecular flexibility index (Phi) is 6.82. The van der Waals surface area contributed by atoms with Crippen molar-refractivity contribution in [2.24, 2.45) is 5.73 Å². The van der Waals surface area contributed by atoms with Crippen molar-refractivity contribution in [3.8, 4) is 0 Å². The van der Waals surface area contributed by atoms with E-state index in [0.29, 0.717) is 6.04 Å². The van der Waals surface area contributed by atoms with E-state index in [1.165, 1.54) is 29.7 Å². The summed E-state index contributed by atoms with van der Waals surface area (Å²) in [7, 11) is 4.11. The summed E-state index contributed by atoms with van der Waals surface area (Å²) in [5, 5.41) is 3.59. The third kappa shape index (κ3) is 4.81. The van der Waals surface area contributed by atoms with Crippen LogP contribution in [-0.4, -0.2) is 42.2 Å². The summed E-state index contributed by atoms with van der Waals surface area (Å²) in [6.07, 6.45) is 9.17. The van der Waals surface area contributed by atoms with Gasteiger partial charge in [0.1, 0.15) is 5.82 Å². The molecule has 172 valence electrons. The molecule has 1 aromatic heterocycles. The van der Waals surface area contributed by atoms with Gasteiger partial charge in [-0.25, -0.2) is 9.78 Å². The number of anilines is 3. The van der Waals surface area contributed by atoms with Crippen molar-refractivity contribution in [3.63, 3.8) is 0 Å². The Morgan fingerprint density at radius 1 is 1.12 bits per heavy atom. The standard InChI is InChI=1S/C25H36N6O/c1-4-17-8-7-9-20(16-17)31(24(26)32)19-14-12-18(13-15-19)27-25-28-22-11-6-5-10-21(22)23(29-25)30(2)3/h7-9,16,18-19H,4-6,10-15H2,1-3H3,(H2,26,32)(H,27,28,29). The number of hydrogen-bond donors (Lipinski definition) is 2. The SMILES string of the molecule is CCc1cccc(N(C(N)=O)C2CCC(Nc3nc4c(c(N(C)C)n3)CCCC4)CC2)c1. The van der Waals surface area contributed by atoms with E-state index in [1.54, 1.807) is 4.90 Å². The second kappa shape index (κ2) is 9.76. The summed E-state index contributed by atoms with van der Waals surface area (Å²) in [6.45, 7) is 2.12. The van der Waals surface area contributed by atoms with Crippen LogP contribution in [0.1, 0.15) is 62.3 Å². The van der Waals surface area contributed by atoms with Gasteiger partial charge in [-0.1, -0.05) is 19.1 Å². The first-order chi connectivity index (χ1) is 15.5. The molecule has 3 N–H and O–H groups in total. The van der Waals surface area contributed by atoms with Gasteiger partial charge in [-0.15, -0.1) is 0 Å². The summed E-state index contributed by atoms with van der Waals surface area (Å²) < 4.78 is 0. The van der Waals surface area contributed by atoms with E-state index in [2.05, 4.69) is 43.4 Å². The Morgan fingerprint density at radius 2 is 1.88 bits per heavy atom. The minimum atomic E-state index is -0.372. The number of hydrogen-bond acceptors (Lipinski definition) is 5. The number of nitrogens with one attached hydrogen (secondary N) is 1. The van der Waals surface area contributed by atoms with E-state index in [0.717, 1.165) is 62.4 Å². The minimum Gasteiger partial charge on any atom is -0.362 e. The lowest BCUT2D eigenvalue weighted by atomic mass is 9.90. The van der Waals surface area contributed by atoms with E-state index in [4.69, 9.17) is 15.7 Å². The average molecular weight is 437 g/mol. The smallest absolute Gasteiger partial charge is 0.319 e. The molecule has 4 rings (SSSR count). The van der Waals surface area contributed by atoms with E-state index in [1.807, 2.05) is 12.1 Å². The van der Waals surface area contributed by atoms with Crippen molar-refractivity contribution in [3.05, 3.63) is 41.1 Å². The van der Waals surface area contributed by atoms with Gasteiger partial charge >= 0.3 is 6.03 Å².